The Balaban J connectivity index is 1.91. The lowest BCUT2D eigenvalue weighted by Crippen LogP contribution is -2.56. The molecule has 1 aliphatic heterocycles. The third-order valence-electron chi connectivity index (χ3n) is 4.92. The lowest BCUT2D eigenvalue weighted by atomic mass is 9.82. The van der Waals surface area contributed by atoms with E-state index in [2.05, 4.69) is 15.9 Å². The summed E-state index contributed by atoms with van der Waals surface area (Å²) in [4.78, 5) is 27.7. The largest absolute Gasteiger partial charge is 0.444 e. The zero-order chi connectivity index (χ0) is 18.2. The van der Waals surface area contributed by atoms with E-state index >= 15 is 0 Å². The van der Waals surface area contributed by atoms with Gasteiger partial charge in [-0.1, -0.05) is 28.1 Å². The van der Waals surface area contributed by atoms with Crippen LogP contribution in [0.4, 0.5) is 4.79 Å². The van der Waals surface area contributed by atoms with Gasteiger partial charge in [0, 0.05) is 23.4 Å². The summed E-state index contributed by atoms with van der Waals surface area (Å²) in [6.45, 7) is 6.17. The first-order chi connectivity index (χ1) is 11.7. The Morgan fingerprint density at radius 2 is 1.88 bits per heavy atom. The molecule has 0 N–H and O–H groups in total. The van der Waals surface area contributed by atoms with Crippen LogP contribution >= 0.6 is 15.9 Å². The van der Waals surface area contributed by atoms with Crippen molar-refractivity contribution in [1.29, 1.82) is 0 Å². The SMILES string of the molecule is CC(C)(C)OC(=O)N1CCCC1(Cc1ccc(Br)cc1)C(=O)C1CC1. The van der Waals surface area contributed by atoms with E-state index < -0.39 is 11.1 Å². The Bertz CT molecular complexity index is 661. The fraction of sp³-hybridized carbons (Fsp3) is 0.600. The molecule has 3 rings (SSSR count). The highest BCUT2D eigenvalue weighted by Crippen LogP contribution is 2.43. The first-order valence-corrected chi connectivity index (χ1v) is 9.80. The molecular weight excluding hydrogens is 382 g/mol. The van der Waals surface area contributed by atoms with Gasteiger partial charge >= 0.3 is 6.09 Å². The predicted molar refractivity (Wildman–Crippen MR) is 100 cm³/mol. The van der Waals surface area contributed by atoms with Gasteiger partial charge in [-0.25, -0.2) is 4.79 Å². The van der Waals surface area contributed by atoms with Crippen LogP contribution in [0.2, 0.25) is 0 Å². The van der Waals surface area contributed by atoms with E-state index in [1.807, 2.05) is 45.0 Å². The van der Waals surface area contributed by atoms with Crippen LogP contribution in [0.15, 0.2) is 28.7 Å². The summed E-state index contributed by atoms with van der Waals surface area (Å²) in [5, 5.41) is 0. The molecule has 2 fully saturated rings. The van der Waals surface area contributed by atoms with Gasteiger partial charge in [0.25, 0.3) is 0 Å². The normalized spacial score (nSPS) is 23.6. The van der Waals surface area contributed by atoms with Crippen molar-refractivity contribution in [3.05, 3.63) is 34.3 Å². The highest BCUT2D eigenvalue weighted by atomic mass is 79.9. The second-order valence-corrected chi connectivity index (χ2v) is 9.12. The Hall–Kier alpha value is -1.36. The quantitative estimate of drug-likeness (QED) is 0.723. The third-order valence-corrected chi connectivity index (χ3v) is 5.45. The number of nitrogens with zero attached hydrogens (tertiary/aromatic N) is 1. The molecule has 2 aliphatic rings. The van der Waals surface area contributed by atoms with Gasteiger partial charge in [-0.2, -0.15) is 0 Å². The molecule has 5 heteroatoms. The summed E-state index contributed by atoms with van der Waals surface area (Å²) in [6, 6.07) is 8.02. The summed E-state index contributed by atoms with van der Waals surface area (Å²) in [6.07, 6.45) is 3.66. The topological polar surface area (TPSA) is 46.6 Å². The van der Waals surface area contributed by atoms with Crippen LogP contribution in [0.1, 0.15) is 52.0 Å². The minimum atomic E-state index is -0.753. The molecule has 1 aromatic rings. The second-order valence-electron chi connectivity index (χ2n) is 8.21. The monoisotopic (exact) mass is 407 g/mol. The minimum absolute atomic E-state index is 0.110. The first-order valence-electron chi connectivity index (χ1n) is 9.01. The summed E-state index contributed by atoms with van der Waals surface area (Å²) >= 11 is 3.45. The third kappa shape index (κ3) is 4.08. The first kappa shape index (κ1) is 18.4. The molecule has 0 spiro atoms. The van der Waals surface area contributed by atoms with Crippen molar-refractivity contribution in [3.63, 3.8) is 0 Å². The fourth-order valence-electron chi connectivity index (χ4n) is 3.65. The zero-order valence-corrected chi connectivity index (χ0v) is 16.8. The summed E-state index contributed by atoms with van der Waals surface area (Å²) in [5.74, 6) is 0.331. The molecule has 0 bridgehead atoms. The summed E-state index contributed by atoms with van der Waals surface area (Å²) in [5.41, 5.74) is -0.240. The maximum Gasteiger partial charge on any atom is 0.411 e. The van der Waals surface area contributed by atoms with Crippen molar-refractivity contribution in [2.45, 2.75) is 64.0 Å². The average molecular weight is 408 g/mol. The lowest BCUT2D eigenvalue weighted by Gasteiger charge is -2.38. The summed E-state index contributed by atoms with van der Waals surface area (Å²) < 4.78 is 6.62. The van der Waals surface area contributed by atoms with Crippen LogP contribution in [-0.4, -0.2) is 34.5 Å². The molecule has 1 aliphatic carbocycles. The number of halogens is 1. The second kappa shape index (κ2) is 6.75. The van der Waals surface area contributed by atoms with E-state index in [1.54, 1.807) is 4.90 Å². The van der Waals surface area contributed by atoms with Gasteiger partial charge in [-0.3, -0.25) is 9.69 Å². The van der Waals surface area contributed by atoms with Crippen molar-refractivity contribution in [3.8, 4) is 0 Å². The molecule has 1 atom stereocenters. The van der Waals surface area contributed by atoms with Crippen LogP contribution in [-0.2, 0) is 16.0 Å². The molecule has 1 saturated heterocycles. The summed E-state index contributed by atoms with van der Waals surface area (Å²) in [7, 11) is 0. The zero-order valence-electron chi connectivity index (χ0n) is 15.2. The highest BCUT2D eigenvalue weighted by Gasteiger charge is 2.54. The molecule has 0 aromatic heterocycles. The van der Waals surface area contributed by atoms with E-state index in [-0.39, 0.29) is 17.8 Å². The van der Waals surface area contributed by atoms with E-state index in [0.717, 1.165) is 35.7 Å². The highest BCUT2D eigenvalue weighted by molar-refractivity contribution is 9.10. The Morgan fingerprint density at radius 1 is 1.24 bits per heavy atom. The van der Waals surface area contributed by atoms with Crippen LogP contribution in [0.25, 0.3) is 0 Å². The van der Waals surface area contributed by atoms with Crippen LogP contribution in [0.3, 0.4) is 0 Å². The number of rotatable bonds is 4. The Morgan fingerprint density at radius 3 is 2.44 bits per heavy atom. The van der Waals surface area contributed by atoms with Crippen LogP contribution in [0.5, 0.6) is 0 Å². The molecule has 1 amide bonds. The van der Waals surface area contributed by atoms with Gasteiger partial charge in [-0.05, 0) is 64.2 Å². The predicted octanol–water partition coefficient (Wildman–Crippen LogP) is 4.74. The number of likely N-dealkylation sites (tertiary alicyclic amines) is 1. The van der Waals surface area contributed by atoms with Gasteiger partial charge in [0.05, 0.1) is 0 Å². The van der Waals surface area contributed by atoms with Crippen molar-refractivity contribution in [1.82, 2.24) is 4.90 Å². The smallest absolute Gasteiger partial charge is 0.411 e. The number of hydrogen-bond donors (Lipinski definition) is 0. The van der Waals surface area contributed by atoms with E-state index in [9.17, 15) is 9.59 Å². The molecule has 1 aromatic carbocycles. The van der Waals surface area contributed by atoms with Crippen molar-refractivity contribution in [2.24, 2.45) is 5.92 Å². The maximum absolute atomic E-state index is 13.2. The fourth-order valence-corrected chi connectivity index (χ4v) is 3.92. The number of amides is 1. The molecule has 1 heterocycles. The number of ether oxygens (including phenoxy) is 1. The molecule has 136 valence electrons. The molecular formula is C20H26BrNO3. The average Bonchev–Trinajstić information content (AvgIpc) is 3.28. The molecule has 1 saturated carbocycles. The van der Waals surface area contributed by atoms with Gasteiger partial charge in [-0.15, -0.1) is 0 Å². The maximum atomic E-state index is 13.2. The minimum Gasteiger partial charge on any atom is -0.444 e. The number of carbonyl (C=O) groups excluding carboxylic acids is 2. The van der Waals surface area contributed by atoms with E-state index in [1.165, 1.54) is 0 Å². The number of Topliss-reactive ketones (excluding diaryl/α,β-unsaturated/α-hetero) is 1. The number of hydrogen-bond acceptors (Lipinski definition) is 3. The molecule has 1 unspecified atom stereocenters. The van der Waals surface area contributed by atoms with Gasteiger partial charge in [0.2, 0.25) is 0 Å². The van der Waals surface area contributed by atoms with Crippen LogP contribution < -0.4 is 0 Å². The Labute approximate surface area is 158 Å². The van der Waals surface area contributed by atoms with Gasteiger partial charge < -0.3 is 4.74 Å². The number of carbonyl (C=O) groups is 2. The van der Waals surface area contributed by atoms with E-state index in [4.69, 9.17) is 4.74 Å². The molecule has 0 radical (unpaired) electrons. The number of benzene rings is 1. The van der Waals surface area contributed by atoms with E-state index in [0.29, 0.717) is 13.0 Å². The standard InChI is InChI=1S/C20H26BrNO3/c1-19(2,3)25-18(24)22-12-4-11-20(22,17(23)15-7-8-15)13-14-5-9-16(21)10-6-14/h5-6,9-10,15H,4,7-8,11-13H2,1-3H3. The number of ketones is 1. The van der Waals surface area contributed by atoms with Crippen molar-refractivity contribution in [2.75, 3.05) is 6.54 Å². The van der Waals surface area contributed by atoms with Crippen molar-refractivity contribution < 1.29 is 14.3 Å². The van der Waals surface area contributed by atoms with Gasteiger partial charge in [0.15, 0.2) is 5.78 Å². The molecule has 25 heavy (non-hydrogen) atoms. The lowest BCUT2D eigenvalue weighted by molar-refractivity contribution is -0.130. The molecule has 4 nitrogen and oxygen atoms in total. The Kier molecular flexibility index (Phi) is 4.97. The van der Waals surface area contributed by atoms with Gasteiger partial charge in [0.1, 0.15) is 11.1 Å². The van der Waals surface area contributed by atoms with Crippen molar-refractivity contribution >= 4 is 27.8 Å². The van der Waals surface area contributed by atoms with Crippen LogP contribution in [0, 0.1) is 5.92 Å².